The maximum absolute atomic E-state index is 13.6. The average molecular weight is 376 g/mol. The Labute approximate surface area is 159 Å². The monoisotopic (exact) mass is 375 g/mol. The Morgan fingerprint density at radius 3 is 2.35 bits per heavy atom. The van der Waals surface area contributed by atoms with Crippen LogP contribution in [0.4, 0.5) is 10.1 Å². The van der Waals surface area contributed by atoms with Crippen molar-refractivity contribution in [3.63, 3.8) is 0 Å². The topological polar surface area (TPSA) is 53.2 Å². The molecule has 1 aromatic rings. The van der Waals surface area contributed by atoms with Gasteiger partial charge in [0.05, 0.1) is 0 Å². The normalized spacial score (nSPS) is 31.5. The van der Waals surface area contributed by atoms with Crippen molar-refractivity contribution < 1.29 is 9.18 Å². The van der Waals surface area contributed by atoms with Crippen molar-refractivity contribution in [3.05, 3.63) is 29.6 Å². The quantitative estimate of drug-likeness (QED) is 0.551. The van der Waals surface area contributed by atoms with E-state index in [1.807, 2.05) is 0 Å². The van der Waals surface area contributed by atoms with E-state index < -0.39 is 0 Å². The summed E-state index contributed by atoms with van der Waals surface area (Å²) < 4.78 is 13.6. The highest BCUT2D eigenvalue weighted by Crippen LogP contribution is 2.61. The van der Waals surface area contributed by atoms with E-state index in [1.54, 1.807) is 19.1 Å². The standard InChI is InChI=1S/C20H26FN3OS/c1-12-2-3-16(7-17(12)21)22-19(26)24-23-18(25)11-20-8-13-4-14(9-20)6-15(5-13)10-20/h2-3,7,13-15H,4-6,8-11H2,1H3,(H,23,25)(H2,22,24,26). The number of nitrogens with one attached hydrogen (secondary N) is 3. The van der Waals surface area contributed by atoms with Crippen LogP contribution >= 0.6 is 12.2 Å². The van der Waals surface area contributed by atoms with E-state index in [0.717, 1.165) is 17.8 Å². The molecule has 140 valence electrons. The van der Waals surface area contributed by atoms with Crippen LogP contribution in [0.3, 0.4) is 0 Å². The molecule has 1 aromatic carbocycles. The van der Waals surface area contributed by atoms with Crippen molar-refractivity contribution in [2.75, 3.05) is 5.32 Å². The lowest BCUT2D eigenvalue weighted by Gasteiger charge is -2.56. The molecule has 0 aliphatic heterocycles. The van der Waals surface area contributed by atoms with Crippen LogP contribution in [0.2, 0.25) is 0 Å². The van der Waals surface area contributed by atoms with E-state index in [4.69, 9.17) is 12.2 Å². The largest absolute Gasteiger partial charge is 0.331 e. The van der Waals surface area contributed by atoms with E-state index >= 15 is 0 Å². The Bertz CT molecular complexity index is 700. The summed E-state index contributed by atoms with van der Waals surface area (Å²) in [5.74, 6) is 2.21. The summed E-state index contributed by atoms with van der Waals surface area (Å²) in [6.07, 6.45) is 8.32. The van der Waals surface area contributed by atoms with Gasteiger partial charge in [-0.05, 0) is 98.5 Å². The Balaban J connectivity index is 1.27. The average Bonchev–Trinajstić information content (AvgIpc) is 2.55. The molecule has 6 heteroatoms. The number of aryl methyl sites for hydroxylation is 1. The number of benzene rings is 1. The van der Waals surface area contributed by atoms with Gasteiger partial charge in [0.15, 0.2) is 5.11 Å². The first-order valence-electron chi connectivity index (χ1n) is 9.53. The Morgan fingerprint density at radius 1 is 1.15 bits per heavy atom. The molecule has 0 atom stereocenters. The van der Waals surface area contributed by atoms with Crippen LogP contribution in [0.15, 0.2) is 18.2 Å². The van der Waals surface area contributed by atoms with Crippen molar-refractivity contribution in [3.8, 4) is 0 Å². The molecule has 4 aliphatic carbocycles. The van der Waals surface area contributed by atoms with Gasteiger partial charge in [-0.25, -0.2) is 4.39 Å². The number of rotatable bonds is 3. The first-order chi connectivity index (χ1) is 12.4. The number of thiocarbonyl (C=S) groups is 1. The van der Waals surface area contributed by atoms with Crippen molar-refractivity contribution >= 4 is 28.9 Å². The van der Waals surface area contributed by atoms with Crippen LogP contribution in [0.1, 0.15) is 50.5 Å². The fourth-order valence-corrected chi connectivity index (χ4v) is 6.02. The van der Waals surface area contributed by atoms with Gasteiger partial charge < -0.3 is 5.32 Å². The molecule has 4 bridgehead atoms. The molecule has 0 radical (unpaired) electrons. The lowest BCUT2D eigenvalue weighted by atomic mass is 9.49. The zero-order chi connectivity index (χ0) is 18.3. The minimum absolute atomic E-state index is 0.00816. The van der Waals surface area contributed by atoms with Crippen LogP contribution in [0.5, 0.6) is 0 Å². The second kappa shape index (κ2) is 6.80. The smallest absolute Gasteiger partial charge is 0.238 e. The van der Waals surface area contributed by atoms with E-state index in [-0.39, 0.29) is 22.3 Å². The van der Waals surface area contributed by atoms with Gasteiger partial charge in [0.25, 0.3) is 0 Å². The van der Waals surface area contributed by atoms with Crippen LogP contribution < -0.4 is 16.2 Å². The molecule has 4 aliphatic rings. The third kappa shape index (κ3) is 3.70. The van der Waals surface area contributed by atoms with Gasteiger partial charge in [0.1, 0.15) is 5.82 Å². The van der Waals surface area contributed by atoms with Gasteiger partial charge in [-0.1, -0.05) is 6.07 Å². The van der Waals surface area contributed by atoms with Gasteiger partial charge in [-0.2, -0.15) is 0 Å². The molecule has 0 aromatic heterocycles. The van der Waals surface area contributed by atoms with Gasteiger partial charge in [0.2, 0.25) is 5.91 Å². The predicted octanol–water partition coefficient (Wildman–Crippen LogP) is 4.06. The predicted molar refractivity (Wildman–Crippen MR) is 104 cm³/mol. The highest BCUT2D eigenvalue weighted by molar-refractivity contribution is 7.80. The number of hydrogen-bond acceptors (Lipinski definition) is 2. The molecular weight excluding hydrogens is 349 g/mol. The Morgan fingerprint density at radius 2 is 1.77 bits per heavy atom. The van der Waals surface area contributed by atoms with Gasteiger partial charge >= 0.3 is 0 Å². The van der Waals surface area contributed by atoms with Crippen molar-refractivity contribution in [2.45, 2.75) is 51.9 Å². The summed E-state index contributed by atoms with van der Waals surface area (Å²) in [5.41, 5.74) is 6.81. The number of hydrogen-bond donors (Lipinski definition) is 3. The number of amides is 1. The van der Waals surface area contributed by atoms with Crippen molar-refractivity contribution in [2.24, 2.45) is 23.2 Å². The molecule has 0 heterocycles. The molecule has 1 amide bonds. The molecule has 0 saturated heterocycles. The number of anilines is 1. The summed E-state index contributed by atoms with van der Waals surface area (Å²) in [4.78, 5) is 12.5. The molecule has 0 spiro atoms. The first-order valence-corrected chi connectivity index (χ1v) is 9.94. The van der Waals surface area contributed by atoms with E-state index in [9.17, 15) is 9.18 Å². The number of hydrazine groups is 1. The second-order valence-corrected chi connectivity index (χ2v) is 9.09. The van der Waals surface area contributed by atoms with Crippen LogP contribution in [0.25, 0.3) is 0 Å². The summed E-state index contributed by atoms with van der Waals surface area (Å²) in [7, 11) is 0. The second-order valence-electron chi connectivity index (χ2n) is 8.69. The summed E-state index contributed by atoms with van der Waals surface area (Å²) in [6, 6.07) is 4.83. The molecule has 3 N–H and O–H groups in total. The van der Waals surface area contributed by atoms with E-state index in [0.29, 0.717) is 17.7 Å². The summed E-state index contributed by atoms with van der Waals surface area (Å²) in [5, 5.41) is 3.15. The minimum atomic E-state index is -0.288. The highest BCUT2D eigenvalue weighted by Gasteiger charge is 2.51. The Hall–Kier alpha value is -1.69. The van der Waals surface area contributed by atoms with Crippen LogP contribution in [-0.4, -0.2) is 11.0 Å². The Kier molecular flexibility index (Phi) is 4.63. The molecule has 5 rings (SSSR count). The van der Waals surface area contributed by atoms with Gasteiger partial charge in [0, 0.05) is 12.1 Å². The zero-order valence-electron chi connectivity index (χ0n) is 15.1. The van der Waals surface area contributed by atoms with E-state index in [2.05, 4.69) is 16.2 Å². The fourth-order valence-electron chi connectivity index (χ4n) is 5.85. The third-order valence-electron chi connectivity index (χ3n) is 6.45. The van der Waals surface area contributed by atoms with Gasteiger partial charge in [-0.3, -0.25) is 15.6 Å². The zero-order valence-corrected chi connectivity index (χ0v) is 15.9. The van der Waals surface area contributed by atoms with Crippen LogP contribution in [-0.2, 0) is 4.79 Å². The molecule has 4 nitrogen and oxygen atoms in total. The molecule has 0 unspecified atom stereocenters. The van der Waals surface area contributed by atoms with E-state index in [1.165, 1.54) is 44.6 Å². The molecule has 26 heavy (non-hydrogen) atoms. The number of halogens is 1. The van der Waals surface area contributed by atoms with Crippen molar-refractivity contribution in [1.29, 1.82) is 0 Å². The maximum atomic E-state index is 13.6. The third-order valence-corrected chi connectivity index (χ3v) is 6.65. The highest BCUT2D eigenvalue weighted by atomic mass is 32.1. The summed E-state index contributed by atoms with van der Waals surface area (Å²) in [6.45, 7) is 1.71. The fraction of sp³-hybridized carbons (Fsp3) is 0.600. The molecule has 4 saturated carbocycles. The van der Waals surface area contributed by atoms with Crippen molar-refractivity contribution in [1.82, 2.24) is 10.9 Å². The lowest BCUT2D eigenvalue weighted by Crippen LogP contribution is -2.50. The first kappa shape index (κ1) is 17.7. The SMILES string of the molecule is Cc1ccc(NC(=S)NNC(=O)CC23CC4CC(CC(C4)C2)C3)cc1F. The number of carbonyl (C=O) groups excluding carboxylic acids is 1. The minimum Gasteiger partial charge on any atom is -0.331 e. The van der Waals surface area contributed by atoms with Crippen LogP contribution in [0, 0.1) is 35.9 Å². The number of carbonyl (C=O) groups is 1. The molecular formula is C20H26FN3OS. The maximum Gasteiger partial charge on any atom is 0.238 e. The summed E-state index contributed by atoms with van der Waals surface area (Å²) >= 11 is 5.19. The lowest BCUT2D eigenvalue weighted by molar-refractivity contribution is -0.129. The van der Waals surface area contributed by atoms with Gasteiger partial charge in [-0.15, -0.1) is 0 Å². The molecule has 4 fully saturated rings.